The minimum Gasteiger partial charge on any atom is -0.350 e. The molecule has 2 N–H and O–H groups in total. The van der Waals surface area contributed by atoms with Crippen molar-refractivity contribution in [3.8, 4) is 0 Å². The number of hydrazone groups is 1. The maximum atomic E-state index is 10.7. The van der Waals surface area contributed by atoms with Crippen molar-refractivity contribution in [2.75, 3.05) is 29.7 Å². The van der Waals surface area contributed by atoms with E-state index in [2.05, 4.69) is 30.8 Å². The Bertz CT molecular complexity index is 991. The highest BCUT2D eigenvalue weighted by Gasteiger charge is 2.08. The lowest BCUT2D eigenvalue weighted by Gasteiger charge is -2.13. The van der Waals surface area contributed by atoms with Crippen LogP contribution in [0, 0.1) is 10.1 Å². The largest absolute Gasteiger partial charge is 0.350 e. The molecule has 1 heterocycles. The molecule has 0 spiro atoms. The minimum absolute atomic E-state index is 0.0253. The van der Waals surface area contributed by atoms with E-state index >= 15 is 0 Å². The maximum Gasteiger partial charge on any atom is 0.269 e. The molecule has 2 aromatic carbocycles. The Balaban J connectivity index is 1.70. The Hall–Kier alpha value is -4.08. The van der Waals surface area contributed by atoms with Gasteiger partial charge in [0.25, 0.3) is 5.69 Å². The van der Waals surface area contributed by atoms with E-state index in [1.165, 1.54) is 18.3 Å². The van der Waals surface area contributed by atoms with Gasteiger partial charge in [-0.3, -0.25) is 10.1 Å². The molecule has 0 radical (unpaired) electrons. The molecule has 148 valence electrons. The number of hydrogen-bond acceptors (Lipinski definition) is 9. The summed E-state index contributed by atoms with van der Waals surface area (Å²) in [7, 11) is 3.67. The lowest BCUT2D eigenvalue weighted by atomic mass is 10.2. The van der Waals surface area contributed by atoms with E-state index in [1.807, 2.05) is 44.4 Å². The molecule has 0 aliphatic carbocycles. The summed E-state index contributed by atoms with van der Waals surface area (Å²) in [4.78, 5) is 25.0. The Morgan fingerprint density at radius 2 is 1.72 bits per heavy atom. The van der Waals surface area contributed by atoms with Crippen molar-refractivity contribution in [1.82, 2.24) is 15.0 Å². The summed E-state index contributed by atoms with van der Waals surface area (Å²) in [6.07, 6.45) is 1.53. The van der Waals surface area contributed by atoms with Crippen LogP contribution >= 0.6 is 0 Å². The van der Waals surface area contributed by atoms with Crippen LogP contribution in [0.25, 0.3) is 0 Å². The topological polar surface area (TPSA) is 121 Å². The fourth-order valence-corrected chi connectivity index (χ4v) is 2.32. The van der Waals surface area contributed by atoms with Crippen molar-refractivity contribution >= 4 is 29.7 Å². The van der Waals surface area contributed by atoms with Crippen LogP contribution in [0.3, 0.4) is 0 Å². The molecule has 0 saturated heterocycles. The van der Waals surface area contributed by atoms with Crippen LogP contribution < -0.4 is 15.6 Å². The number of rotatable bonds is 8. The highest BCUT2D eigenvalue weighted by atomic mass is 16.6. The maximum absolute atomic E-state index is 10.7. The Labute approximate surface area is 167 Å². The lowest BCUT2D eigenvalue weighted by Crippen LogP contribution is -2.16. The fraction of sp³-hybridized carbons (Fsp3) is 0.158. The second-order valence-electron chi connectivity index (χ2n) is 6.23. The molecule has 29 heavy (non-hydrogen) atoms. The van der Waals surface area contributed by atoms with E-state index in [1.54, 1.807) is 17.0 Å². The average Bonchev–Trinajstić information content (AvgIpc) is 2.73. The summed E-state index contributed by atoms with van der Waals surface area (Å²) < 4.78 is 0. The smallest absolute Gasteiger partial charge is 0.269 e. The molecule has 3 rings (SSSR count). The fourth-order valence-electron chi connectivity index (χ4n) is 2.32. The highest BCUT2D eigenvalue weighted by Crippen LogP contribution is 2.13. The molecule has 10 heteroatoms. The zero-order valence-electron chi connectivity index (χ0n) is 16.0. The minimum atomic E-state index is -0.448. The molecule has 10 nitrogen and oxygen atoms in total. The molecule has 0 saturated carbocycles. The van der Waals surface area contributed by atoms with Gasteiger partial charge in [0.05, 0.1) is 11.1 Å². The van der Waals surface area contributed by atoms with E-state index in [0.29, 0.717) is 24.0 Å². The lowest BCUT2D eigenvalue weighted by molar-refractivity contribution is -0.384. The third-order valence-corrected chi connectivity index (χ3v) is 3.80. The van der Waals surface area contributed by atoms with Gasteiger partial charge in [-0.1, -0.05) is 30.3 Å². The van der Waals surface area contributed by atoms with E-state index < -0.39 is 4.92 Å². The van der Waals surface area contributed by atoms with Crippen molar-refractivity contribution in [3.63, 3.8) is 0 Å². The van der Waals surface area contributed by atoms with Gasteiger partial charge in [-0.25, -0.2) is 5.43 Å². The first-order valence-electron chi connectivity index (χ1n) is 8.76. The Morgan fingerprint density at radius 1 is 1.03 bits per heavy atom. The number of nitro groups is 1. The highest BCUT2D eigenvalue weighted by molar-refractivity contribution is 5.80. The van der Waals surface area contributed by atoms with Gasteiger partial charge < -0.3 is 10.2 Å². The van der Waals surface area contributed by atoms with Crippen molar-refractivity contribution in [2.45, 2.75) is 6.54 Å². The van der Waals surface area contributed by atoms with Gasteiger partial charge in [-0.05, 0) is 23.3 Å². The van der Waals surface area contributed by atoms with Crippen LogP contribution in [0.15, 0.2) is 59.7 Å². The van der Waals surface area contributed by atoms with E-state index in [0.717, 1.165) is 5.56 Å². The molecule has 0 amide bonds. The van der Waals surface area contributed by atoms with Crippen molar-refractivity contribution < 1.29 is 4.92 Å². The molecule has 1 aromatic heterocycles. The van der Waals surface area contributed by atoms with Crippen LogP contribution in [0.1, 0.15) is 11.1 Å². The summed E-state index contributed by atoms with van der Waals surface area (Å²) >= 11 is 0. The zero-order valence-corrected chi connectivity index (χ0v) is 16.0. The van der Waals surface area contributed by atoms with Gasteiger partial charge in [0.1, 0.15) is 0 Å². The second-order valence-corrected chi connectivity index (χ2v) is 6.23. The normalized spacial score (nSPS) is 10.7. The summed E-state index contributed by atoms with van der Waals surface area (Å²) in [5.41, 5.74) is 4.60. The van der Waals surface area contributed by atoms with Gasteiger partial charge in [0.2, 0.25) is 17.8 Å². The van der Waals surface area contributed by atoms with E-state index in [-0.39, 0.29) is 11.6 Å². The van der Waals surface area contributed by atoms with Gasteiger partial charge in [0, 0.05) is 32.8 Å². The molecule has 0 unspecified atom stereocenters. The molecular weight excluding hydrogens is 372 g/mol. The molecular formula is C19H20N8O2. The first-order valence-corrected chi connectivity index (χ1v) is 8.76. The van der Waals surface area contributed by atoms with Crippen molar-refractivity contribution in [2.24, 2.45) is 5.10 Å². The van der Waals surface area contributed by atoms with Gasteiger partial charge in [0.15, 0.2) is 0 Å². The number of nitrogens with zero attached hydrogens (tertiary/aromatic N) is 6. The number of aromatic nitrogens is 3. The average molecular weight is 392 g/mol. The monoisotopic (exact) mass is 392 g/mol. The second kappa shape index (κ2) is 9.22. The third kappa shape index (κ3) is 5.70. The third-order valence-electron chi connectivity index (χ3n) is 3.80. The van der Waals surface area contributed by atoms with Crippen molar-refractivity contribution in [1.29, 1.82) is 0 Å². The molecule has 0 fully saturated rings. The van der Waals surface area contributed by atoms with Crippen LogP contribution in [-0.4, -0.2) is 40.2 Å². The quantitative estimate of drug-likeness (QED) is 0.341. The number of benzene rings is 2. The Morgan fingerprint density at radius 3 is 2.38 bits per heavy atom. The summed E-state index contributed by atoms with van der Waals surface area (Å²) in [5.74, 6) is 1.17. The molecule has 0 bridgehead atoms. The number of nitrogens with one attached hydrogen (secondary N) is 2. The molecule has 3 aromatic rings. The van der Waals surface area contributed by atoms with Gasteiger partial charge in [-0.2, -0.15) is 20.1 Å². The standard InChI is InChI=1S/C19H20N8O2/c1-26(2)19-23-17(20-12-14-6-4-3-5-7-14)22-18(24-19)25-21-13-15-8-10-16(11-9-15)27(28)29/h3-11,13H,12H2,1-2H3,(H2,20,22,23,24,25)/b21-13+. The number of nitro benzene ring substituents is 1. The van der Waals surface area contributed by atoms with Gasteiger partial charge in [-0.15, -0.1) is 0 Å². The SMILES string of the molecule is CN(C)c1nc(NCc2ccccc2)nc(N/N=C/c2ccc([N+](=O)[O-])cc2)n1. The predicted octanol–water partition coefficient (Wildman–Crippen LogP) is 2.90. The van der Waals surface area contributed by atoms with Crippen LogP contribution in [0.5, 0.6) is 0 Å². The van der Waals surface area contributed by atoms with Crippen LogP contribution in [0.4, 0.5) is 23.5 Å². The van der Waals surface area contributed by atoms with Gasteiger partial charge >= 0.3 is 0 Å². The summed E-state index contributed by atoms with van der Waals surface area (Å²) in [6, 6.07) is 16.0. The van der Waals surface area contributed by atoms with Crippen LogP contribution in [-0.2, 0) is 6.54 Å². The first-order chi connectivity index (χ1) is 14.0. The molecule has 0 atom stereocenters. The molecule has 0 aliphatic heterocycles. The molecule has 0 aliphatic rings. The zero-order chi connectivity index (χ0) is 20.6. The predicted molar refractivity (Wildman–Crippen MR) is 112 cm³/mol. The van der Waals surface area contributed by atoms with Crippen molar-refractivity contribution in [3.05, 3.63) is 75.8 Å². The number of non-ortho nitro benzene ring substituents is 1. The first kappa shape index (κ1) is 19.7. The van der Waals surface area contributed by atoms with Crippen LogP contribution in [0.2, 0.25) is 0 Å². The summed E-state index contributed by atoms with van der Waals surface area (Å²) in [6.45, 7) is 0.573. The number of hydrogen-bond donors (Lipinski definition) is 2. The van der Waals surface area contributed by atoms with E-state index in [4.69, 9.17) is 0 Å². The number of anilines is 3. The summed E-state index contributed by atoms with van der Waals surface area (Å²) in [5, 5.41) is 18.0. The van der Waals surface area contributed by atoms with E-state index in [9.17, 15) is 10.1 Å². The Kier molecular flexibility index (Phi) is 6.25.